The highest BCUT2D eigenvalue weighted by Crippen LogP contribution is 2.16. The lowest BCUT2D eigenvalue weighted by atomic mass is 10.2. The van der Waals surface area contributed by atoms with Crippen molar-refractivity contribution in [1.82, 2.24) is 20.0 Å². The van der Waals surface area contributed by atoms with E-state index in [1.54, 1.807) is 12.3 Å². The zero-order valence-electron chi connectivity index (χ0n) is 10.1. The van der Waals surface area contributed by atoms with E-state index in [4.69, 9.17) is 21.4 Å². The number of carboxylic acid groups (broad SMARTS) is 1. The predicted octanol–water partition coefficient (Wildman–Crippen LogP) is 1.22. The van der Waals surface area contributed by atoms with Crippen molar-refractivity contribution in [1.29, 1.82) is 0 Å². The summed E-state index contributed by atoms with van der Waals surface area (Å²) in [7, 11) is 1.47. The molecule has 0 amide bonds. The maximum absolute atomic E-state index is 11.0. The second kappa shape index (κ2) is 5.77. The van der Waals surface area contributed by atoms with Gasteiger partial charge >= 0.3 is 5.97 Å². The molecule has 0 fully saturated rings. The number of carbonyl (C=O) groups is 1. The van der Waals surface area contributed by atoms with E-state index in [-0.39, 0.29) is 12.3 Å². The summed E-state index contributed by atoms with van der Waals surface area (Å²) >= 11 is 6.00. The van der Waals surface area contributed by atoms with Crippen LogP contribution in [0.15, 0.2) is 18.5 Å². The molecule has 0 bridgehead atoms. The number of aromatic carboxylic acids is 1. The third kappa shape index (κ3) is 2.88. The van der Waals surface area contributed by atoms with E-state index in [0.29, 0.717) is 17.3 Å². The van der Waals surface area contributed by atoms with Crippen LogP contribution in [0.4, 0.5) is 0 Å². The summed E-state index contributed by atoms with van der Waals surface area (Å²) in [6, 6.07) is 1.74. The Balaban J connectivity index is 2.35. The van der Waals surface area contributed by atoms with Crippen LogP contribution in [0.2, 0.25) is 5.02 Å². The van der Waals surface area contributed by atoms with Gasteiger partial charge in [-0.15, -0.1) is 5.10 Å². The fourth-order valence-corrected chi connectivity index (χ4v) is 1.78. The van der Waals surface area contributed by atoms with Crippen LogP contribution in [-0.4, -0.2) is 38.2 Å². The van der Waals surface area contributed by atoms with Gasteiger partial charge in [-0.2, -0.15) is 0 Å². The molecular formula is C11H11ClN4O3. The molecule has 2 rings (SSSR count). The molecule has 0 spiro atoms. The number of hydrogen-bond acceptors (Lipinski definition) is 5. The van der Waals surface area contributed by atoms with Crippen LogP contribution in [0, 0.1) is 0 Å². The first-order valence-corrected chi connectivity index (χ1v) is 5.74. The largest absolute Gasteiger partial charge is 0.476 e. The van der Waals surface area contributed by atoms with Crippen LogP contribution >= 0.6 is 11.6 Å². The van der Waals surface area contributed by atoms with Gasteiger partial charge in [0.15, 0.2) is 5.69 Å². The number of rotatable bonds is 5. The summed E-state index contributed by atoms with van der Waals surface area (Å²) in [4.78, 5) is 14.9. The molecule has 0 saturated carbocycles. The summed E-state index contributed by atoms with van der Waals surface area (Å²) in [5.41, 5.74) is 1.05. The highest BCUT2D eigenvalue weighted by Gasteiger charge is 2.19. The van der Waals surface area contributed by atoms with Crippen LogP contribution in [0.5, 0.6) is 0 Å². The maximum atomic E-state index is 11.0. The molecule has 2 aromatic heterocycles. The average molecular weight is 283 g/mol. The molecule has 8 heteroatoms. The minimum absolute atomic E-state index is 0.108. The second-order valence-electron chi connectivity index (χ2n) is 3.75. The Labute approximate surface area is 113 Å². The Morgan fingerprint density at radius 2 is 2.37 bits per heavy atom. The van der Waals surface area contributed by atoms with Gasteiger partial charge in [-0.25, -0.2) is 9.48 Å². The molecule has 0 unspecified atom stereocenters. The Hall–Kier alpha value is -1.99. The highest BCUT2D eigenvalue weighted by molar-refractivity contribution is 6.31. The fourth-order valence-electron chi connectivity index (χ4n) is 1.60. The smallest absolute Gasteiger partial charge is 0.358 e. The Bertz CT molecular complexity index is 599. The van der Waals surface area contributed by atoms with E-state index >= 15 is 0 Å². The van der Waals surface area contributed by atoms with E-state index in [0.717, 1.165) is 5.56 Å². The number of aromatic nitrogens is 4. The molecule has 0 aliphatic heterocycles. The van der Waals surface area contributed by atoms with Gasteiger partial charge in [0.2, 0.25) is 0 Å². The number of carboxylic acids is 1. The first-order chi connectivity index (χ1) is 9.13. The number of ether oxygens (including phenoxy) is 1. The van der Waals surface area contributed by atoms with Gasteiger partial charge in [0.1, 0.15) is 0 Å². The Kier molecular flexibility index (Phi) is 4.08. The fraction of sp³-hybridized carbons (Fsp3) is 0.273. The summed E-state index contributed by atoms with van der Waals surface area (Å²) in [6.07, 6.45) is 3.12. The third-order valence-electron chi connectivity index (χ3n) is 2.50. The van der Waals surface area contributed by atoms with Crippen molar-refractivity contribution in [3.8, 4) is 0 Å². The molecule has 0 atom stereocenters. The number of halogens is 1. The van der Waals surface area contributed by atoms with E-state index in [1.165, 1.54) is 18.0 Å². The number of methoxy groups -OCH3 is 1. The van der Waals surface area contributed by atoms with Gasteiger partial charge in [-0.1, -0.05) is 16.8 Å². The number of nitrogens with zero attached hydrogens (tertiary/aromatic N) is 4. The normalized spacial score (nSPS) is 10.6. The molecule has 0 aliphatic rings. The maximum Gasteiger partial charge on any atom is 0.358 e. The average Bonchev–Trinajstić information content (AvgIpc) is 2.76. The van der Waals surface area contributed by atoms with Gasteiger partial charge in [-0.05, 0) is 11.6 Å². The highest BCUT2D eigenvalue weighted by atomic mass is 35.5. The van der Waals surface area contributed by atoms with Crippen molar-refractivity contribution in [2.75, 3.05) is 7.11 Å². The van der Waals surface area contributed by atoms with Crippen molar-refractivity contribution >= 4 is 17.6 Å². The number of hydrogen-bond donors (Lipinski definition) is 1. The minimum Gasteiger partial charge on any atom is -0.476 e. The minimum atomic E-state index is -1.14. The van der Waals surface area contributed by atoms with Crippen molar-refractivity contribution < 1.29 is 14.6 Å². The molecule has 2 heterocycles. The quantitative estimate of drug-likeness (QED) is 0.887. The monoisotopic (exact) mass is 282 g/mol. The van der Waals surface area contributed by atoms with Crippen LogP contribution in [-0.2, 0) is 17.9 Å². The Morgan fingerprint density at radius 1 is 1.58 bits per heavy atom. The molecule has 0 aliphatic carbocycles. The molecular weight excluding hydrogens is 272 g/mol. The van der Waals surface area contributed by atoms with Crippen LogP contribution in [0.3, 0.4) is 0 Å². The first-order valence-electron chi connectivity index (χ1n) is 5.36. The Morgan fingerprint density at radius 3 is 3.00 bits per heavy atom. The van der Waals surface area contributed by atoms with Gasteiger partial charge in [-0.3, -0.25) is 4.98 Å². The van der Waals surface area contributed by atoms with Crippen LogP contribution < -0.4 is 0 Å². The lowest BCUT2D eigenvalue weighted by Gasteiger charge is -2.07. The molecule has 0 aromatic carbocycles. The third-order valence-corrected chi connectivity index (χ3v) is 2.84. The van der Waals surface area contributed by atoms with E-state index in [2.05, 4.69) is 15.3 Å². The SMILES string of the molecule is COCc1c(C(=O)O)nnn1Cc1ccncc1Cl. The van der Waals surface area contributed by atoms with E-state index < -0.39 is 5.97 Å². The van der Waals surface area contributed by atoms with Gasteiger partial charge in [0, 0.05) is 19.5 Å². The molecule has 7 nitrogen and oxygen atoms in total. The van der Waals surface area contributed by atoms with Crippen molar-refractivity contribution in [2.45, 2.75) is 13.2 Å². The first kappa shape index (κ1) is 13.4. The van der Waals surface area contributed by atoms with Gasteiger partial charge in [0.05, 0.1) is 23.9 Å². The molecule has 19 heavy (non-hydrogen) atoms. The summed E-state index contributed by atoms with van der Waals surface area (Å²) in [6.45, 7) is 0.414. The van der Waals surface area contributed by atoms with E-state index in [1.807, 2.05) is 0 Å². The van der Waals surface area contributed by atoms with E-state index in [9.17, 15) is 4.79 Å². The lowest BCUT2D eigenvalue weighted by molar-refractivity contribution is 0.0684. The summed E-state index contributed by atoms with van der Waals surface area (Å²) in [5, 5.41) is 17.0. The molecule has 0 radical (unpaired) electrons. The lowest BCUT2D eigenvalue weighted by Crippen LogP contribution is -2.10. The molecule has 100 valence electrons. The summed E-state index contributed by atoms with van der Waals surface area (Å²) in [5.74, 6) is -1.14. The standard InChI is InChI=1S/C11H11ClN4O3/c1-19-6-9-10(11(17)18)14-15-16(9)5-7-2-3-13-4-8(7)12/h2-4H,5-6H2,1H3,(H,17,18). The number of pyridine rings is 1. The van der Waals surface area contributed by atoms with Gasteiger partial charge in [0.25, 0.3) is 0 Å². The zero-order chi connectivity index (χ0) is 13.8. The van der Waals surface area contributed by atoms with Crippen LogP contribution in [0.1, 0.15) is 21.7 Å². The predicted molar refractivity (Wildman–Crippen MR) is 66.0 cm³/mol. The zero-order valence-corrected chi connectivity index (χ0v) is 10.8. The van der Waals surface area contributed by atoms with Crippen molar-refractivity contribution in [2.24, 2.45) is 0 Å². The second-order valence-corrected chi connectivity index (χ2v) is 4.15. The summed E-state index contributed by atoms with van der Waals surface area (Å²) < 4.78 is 6.43. The van der Waals surface area contributed by atoms with Crippen molar-refractivity contribution in [3.63, 3.8) is 0 Å². The topological polar surface area (TPSA) is 90.1 Å². The molecule has 1 N–H and O–H groups in total. The molecule has 0 saturated heterocycles. The van der Waals surface area contributed by atoms with Crippen LogP contribution in [0.25, 0.3) is 0 Å². The van der Waals surface area contributed by atoms with Gasteiger partial charge < -0.3 is 9.84 Å². The molecule has 2 aromatic rings. The van der Waals surface area contributed by atoms with Crippen molar-refractivity contribution in [3.05, 3.63) is 40.4 Å².